The first-order valence-corrected chi connectivity index (χ1v) is 25.1. The molecule has 4 aliphatic rings. The van der Waals surface area contributed by atoms with E-state index >= 15 is 0 Å². The SMILES string of the molecule is COc1cc2cc(c1Cl)N(C)C(=O)C[C@H](OC(=O)[C@H](C)N(C)C(=O)CCOC(=O)NC(CN(C)C(=O)OC1C=CCOCOC1)C(=O)On1c(O)ccc1O)[C@]1(C)O[C@H]1[C@H](C)[C@@H]1C[C@@](O)(NC(=O)O1)[C@H](OC)C=CC=C(C)C2. The quantitative estimate of drug-likeness (QED) is 0.0786. The van der Waals surface area contributed by atoms with Crippen LogP contribution >= 0.6 is 11.6 Å². The van der Waals surface area contributed by atoms with Crippen molar-refractivity contribution in [3.8, 4) is 17.5 Å². The summed E-state index contributed by atoms with van der Waals surface area (Å²) >= 11 is 6.80. The molecule has 0 radical (unpaired) electrons. The van der Waals surface area contributed by atoms with Gasteiger partial charge < -0.3 is 82.8 Å². The number of amides is 5. The molecule has 4 bridgehead atoms. The number of aliphatic hydroxyl groups is 1. The lowest BCUT2D eigenvalue weighted by Crippen LogP contribution is -2.63. The molecule has 5 heterocycles. The normalized spacial score (nSPS) is 26.2. The van der Waals surface area contributed by atoms with Crippen LogP contribution in [-0.4, -0.2) is 194 Å². The van der Waals surface area contributed by atoms with Crippen LogP contribution in [0.4, 0.5) is 20.1 Å². The number of fused-ring (bicyclic) bond motifs is 5. The number of ether oxygens (including phenoxy) is 9. The van der Waals surface area contributed by atoms with Crippen LogP contribution in [0.2, 0.25) is 5.02 Å². The average molecular weight is 1120 g/mol. The minimum Gasteiger partial charge on any atom is -0.495 e. The maximum Gasteiger partial charge on any atom is 0.410 e. The fourth-order valence-electron chi connectivity index (χ4n) is 8.88. The number of esters is 1. The summed E-state index contributed by atoms with van der Waals surface area (Å²) in [5.41, 5.74) is -1.44. The molecule has 10 atom stereocenters. The van der Waals surface area contributed by atoms with Crippen molar-refractivity contribution >= 4 is 59.3 Å². The number of epoxide rings is 1. The van der Waals surface area contributed by atoms with E-state index in [1.54, 1.807) is 50.3 Å². The lowest BCUT2D eigenvalue weighted by atomic mass is 9.83. The predicted octanol–water partition coefficient (Wildman–Crippen LogP) is 2.87. The van der Waals surface area contributed by atoms with Crippen molar-refractivity contribution < 1.29 is 96.4 Å². The summed E-state index contributed by atoms with van der Waals surface area (Å²) in [5.74, 6) is -5.20. The Hall–Kier alpha value is -7.10. The molecule has 0 spiro atoms. The Labute approximate surface area is 454 Å². The number of aromatic hydroxyl groups is 2. The summed E-state index contributed by atoms with van der Waals surface area (Å²) in [6.45, 7) is 5.55. The number of hydrogen-bond donors (Lipinski definition) is 5. The predicted molar refractivity (Wildman–Crippen MR) is 272 cm³/mol. The van der Waals surface area contributed by atoms with Crippen LogP contribution in [0.3, 0.4) is 0 Å². The van der Waals surface area contributed by atoms with Gasteiger partial charge in [-0.1, -0.05) is 48.4 Å². The monoisotopic (exact) mass is 1120 g/mol. The van der Waals surface area contributed by atoms with Gasteiger partial charge >= 0.3 is 30.2 Å². The van der Waals surface area contributed by atoms with Gasteiger partial charge in [-0.3, -0.25) is 14.9 Å². The molecule has 428 valence electrons. The summed E-state index contributed by atoms with van der Waals surface area (Å²) in [6, 6.07) is 2.49. The van der Waals surface area contributed by atoms with Crippen molar-refractivity contribution in [1.29, 1.82) is 0 Å². The number of likely N-dealkylation sites (N-methyl/N-ethyl adjacent to an activating group) is 2. The van der Waals surface area contributed by atoms with Crippen molar-refractivity contribution in [1.82, 2.24) is 25.2 Å². The highest BCUT2D eigenvalue weighted by atomic mass is 35.5. The second-order valence-electron chi connectivity index (χ2n) is 19.3. The minimum absolute atomic E-state index is 0.0356. The first-order valence-electron chi connectivity index (χ1n) is 24.7. The van der Waals surface area contributed by atoms with Gasteiger partial charge in [-0.25, -0.2) is 24.0 Å². The Bertz CT molecular complexity index is 2630. The molecular weight excluding hydrogens is 1050 g/mol. The molecule has 5 N–H and O–H groups in total. The zero-order chi connectivity index (χ0) is 57.2. The molecule has 6 rings (SSSR count). The number of halogens is 1. The Kier molecular flexibility index (Phi) is 20.1. The minimum atomic E-state index is -1.93. The molecule has 2 saturated heterocycles. The highest BCUT2D eigenvalue weighted by molar-refractivity contribution is 6.35. The number of methoxy groups -OCH3 is 2. The van der Waals surface area contributed by atoms with Crippen LogP contribution in [0.1, 0.15) is 52.5 Å². The molecule has 27 heteroatoms. The zero-order valence-corrected chi connectivity index (χ0v) is 45.4. The number of alkyl carbamates (subject to hydrolysis) is 2. The van der Waals surface area contributed by atoms with Crippen molar-refractivity contribution in [2.75, 3.05) is 73.4 Å². The molecule has 1 aromatic heterocycles. The fourth-order valence-corrected chi connectivity index (χ4v) is 9.19. The van der Waals surface area contributed by atoms with E-state index in [9.17, 15) is 48.9 Å². The van der Waals surface area contributed by atoms with Crippen LogP contribution in [0.25, 0.3) is 0 Å². The number of carbonyl (C=O) groups excluding carboxylic acids is 7. The number of nitrogens with zero attached hydrogens (tertiary/aromatic N) is 4. The number of hydrogen-bond acceptors (Lipinski definition) is 20. The smallest absolute Gasteiger partial charge is 0.410 e. The van der Waals surface area contributed by atoms with Crippen LogP contribution in [-0.2, 0) is 63.5 Å². The maximum atomic E-state index is 14.4. The van der Waals surface area contributed by atoms with E-state index in [1.807, 2.05) is 13.0 Å². The number of anilines is 1. The molecule has 2 unspecified atom stereocenters. The van der Waals surface area contributed by atoms with E-state index in [-0.39, 0.29) is 31.5 Å². The van der Waals surface area contributed by atoms with E-state index in [4.69, 9.17) is 59.1 Å². The number of nitrogens with one attached hydrogen (secondary N) is 2. The van der Waals surface area contributed by atoms with Gasteiger partial charge in [0, 0.05) is 52.7 Å². The summed E-state index contributed by atoms with van der Waals surface area (Å²) in [4.78, 5) is 103. The first kappa shape index (κ1) is 60.1. The molecule has 26 nitrogen and oxygen atoms in total. The number of rotatable bonds is 14. The largest absolute Gasteiger partial charge is 0.495 e. The van der Waals surface area contributed by atoms with Crippen LogP contribution in [0, 0.1) is 5.92 Å². The fraction of sp³-hybridized carbons (Fsp3) is 0.549. The van der Waals surface area contributed by atoms with Crippen LogP contribution in [0.15, 0.2) is 60.2 Å². The van der Waals surface area contributed by atoms with Gasteiger partial charge in [-0.2, -0.15) is 0 Å². The Balaban J connectivity index is 1.15. The van der Waals surface area contributed by atoms with Gasteiger partial charge in [0.15, 0.2) is 5.72 Å². The second-order valence-corrected chi connectivity index (χ2v) is 19.7. The average Bonchev–Trinajstić information content (AvgIpc) is 4.14. The molecule has 4 aliphatic heterocycles. The summed E-state index contributed by atoms with van der Waals surface area (Å²) in [6.07, 6.45) is -0.518. The summed E-state index contributed by atoms with van der Waals surface area (Å²) in [7, 11) is 6.88. The van der Waals surface area contributed by atoms with E-state index < -0.39 is 140 Å². The lowest BCUT2D eigenvalue weighted by Gasteiger charge is -2.42. The van der Waals surface area contributed by atoms with Crippen molar-refractivity contribution in [3.63, 3.8) is 0 Å². The number of allylic oxidation sites excluding steroid dienone is 3. The highest BCUT2D eigenvalue weighted by Crippen LogP contribution is 2.49. The van der Waals surface area contributed by atoms with E-state index in [0.717, 1.165) is 33.1 Å². The topological polar surface area (TPSA) is 314 Å². The Morgan fingerprint density at radius 2 is 1.76 bits per heavy atom. The van der Waals surface area contributed by atoms with Gasteiger partial charge in [0.2, 0.25) is 23.6 Å². The second kappa shape index (κ2) is 26.0. The third kappa shape index (κ3) is 14.7. The molecule has 0 saturated carbocycles. The van der Waals surface area contributed by atoms with Gasteiger partial charge in [0.05, 0.1) is 51.5 Å². The molecular formula is C51H67ClN6O20. The third-order valence-electron chi connectivity index (χ3n) is 13.7. The lowest BCUT2D eigenvalue weighted by molar-refractivity contribution is -0.162. The number of aromatic nitrogens is 1. The molecule has 5 amide bonds. The van der Waals surface area contributed by atoms with Crippen LogP contribution in [0.5, 0.6) is 17.5 Å². The van der Waals surface area contributed by atoms with Gasteiger partial charge in [0.1, 0.15) is 66.3 Å². The summed E-state index contributed by atoms with van der Waals surface area (Å²) < 4.78 is 50.7. The molecule has 1 aromatic carbocycles. The van der Waals surface area contributed by atoms with Gasteiger partial charge in [-0.15, -0.1) is 4.73 Å². The van der Waals surface area contributed by atoms with Gasteiger partial charge in [0.25, 0.3) is 0 Å². The zero-order valence-electron chi connectivity index (χ0n) is 44.6. The molecule has 2 fully saturated rings. The van der Waals surface area contributed by atoms with E-state index in [0.29, 0.717) is 22.6 Å². The molecule has 78 heavy (non-hydrogen) atoms. The van der Waals surface area contributed by atoms with Gasteiger partial charge in [-0.05, 0) is 51.0 Å². The van der Waals surface area contributed by atoms with Crippen molar-refractivity contribution in [2.24, 2.45) is 5.92 Å². The number of carbonyl (C=O) groups is 7. The third-order valence-corrected chi connectivity index (χ3v) is 14.0. The van der Waals surface area contributed by atoms with Crippen LogP contribution < -0.4 is 25.1 Å². The van der Waals surface area contributed by atoms with Crippen molar-refractivity contribution in [3.05, 3.63) is 70.8 Å². The van der Waals surface area contributed by atoms with E-state index in [2.05, 4.69) is 10.6 Å². The van der Waals surface area contributed by atoms with E-state index in [1.165, 1.54) is 47.2 Å². The Morgan fingerprint density at radius 1 is 1.04 bits per heavy atom. The first-order chi connectivity index (χ1) is 36.9. The standard InChI is InChI=1S/C51H67ClN6O20/c1-28-12-10-14-37(70-9)51(68)24-36(75-48(66)54-51)29(2)44-50(4,77-44)38(23-42(62)57(7)34-21-31(20-28)22-35(69-8)43(34)52)76-45(63)30(3)56(6)39(59)17-19-73-47(65)53-33(46(64)78-58-40(60)15-16-41(58)61)25-55(5)49(67)74-32-13-11-18-71-27-72-26-32/h10-16,21-22,29-30,32-33,36-38,44,60-61,68H,17-20,23-27H2,1-9H3,(H,53,65)(H,54,66)/t29-,30+,32?,33?,36+,37-,38+,44+,50+,51+/m1/s1. The summed E-state index contributed by atoms with van der Waals surface area (Å²) in [5, 5.41) is 36.8. The molecule has 0 aliphatic carbocycles. The number of benzene rings is 1. The highest BCUT2D eigenvalue weighted by Gasteiger charge is 2.64. The Morgan fingerprint density at radius 3 is 2.45 bits per heavy atom. The molecule has 2 aromatic rings. The maximum absolute atomic E-state index is 14.4. The van der Waals surface area contributed by atoms with Crippen molar-refractivity contribution in [2.45, 2.75) is 107 Å².